The van der Waals surface area contributed by atoms with Crippen molar-refractivity contribution in [2.24, 2.45) is 0 Å². The number of nitrogens with two attached hydrogens (primary N) is 1. The lowest BCUT2D eigenvalue weighted by molar-refractivity contribution is -0.0142. The lowest BCUT2D eigenvalue weighted by Gasteiger charge is -2.34. The van der Waals surface area contributed by atoms with Crippen LogP contribution in [0.4, 0.5) is 10.1 Å². The Hall–Kier alpha value is -0.800. The van der Waals surface area contributed by atoms with Gasteiger partial charge in [-0.15, -0.1) is 0 Å². The average molecular weight is 258 g/mol. The monoisotopic (exact) mass is 257 g/mol. The molecular formula is C13H17ClFNO. The molecule has 17 heavy (non-hydrogen) atoms. The molecule has 1 aromatic carbocycles. The smallest absolute Gasteiger partial charge is 0.100 e. The molecule has 4 heteroatoms. The summed E-state index contributed by atoms with van der Waals surface area (Å²) < 4.78 is 13.1. The van der Waals surface area contributed by atoms with E-state index in [9.17, 15) is 9.50 Å². The highest BCUT2D eigenvalue weighted by molar-refractivity contribution is 6.33. The molecule has 1 aliphatic carbocycles. The van der Waals surface area contributed by atoms with E-state index in [1.807, 2.05) is 12.1 Å². The molecule has 1 aliphatic rings. The van der Waals surface area contributed by atoms with Crippen molar-refractivity contribution >= 4 is 17.3 Å². The van der Waals surface area contributed by atoms with Crippen LogP contribution in [0, 0.1) is 0 Å². The Morgan fingerprint density at radius 2 is 2.06 bits per heavy atom. The summed E-state index contributed by atoms with van der Waals surface area (Å²) in [6, 6.07) is 5.41. The summed E-state index contributed by atoms with van der Waals surface area (Å²) in [5.41, 5.74) is 6.24. The number of rotatable bonds is 2. The zero-order valence-corrected chi connectivity index (χ0v) is 10.4. The van der Waals surface area contributed by atoms with E-state index >= 15 is 0 Å². The van der Waals surface area contributed by atoms with Crippen molar-refractivity contribution in [3.05, 3.63) is 28.8 Å². The number of nitrogen functional groups attached to an aromatic ring is 1. The van der Waals surface area contributed by atoms with Crippen LogP contribution in [0.3, 0.4) is 0 Å². The van der Waals surface area contributed by atoms with Gasteiger partial charge in [-0.1, -0.05) is 23.7 Å². The van der Waals surface area contributed by atoms with E-state index in [-0.39, 0.29) is 0 Å². The maximum atomic E-state index is 13.1. The second-order valence-corrected chi connectivity index (χ2v) is 5.27. The maximum Gasteiger partial charge on any atom is 0.100 e. The Balaban J connectivity index is 2.12. The van der Waals surface area contributed by atoms with Gasteiger partial charge >= 0.3 is 0 Å². The molecule has 0 aromatic heterocycles. The van der Waals surface area contributed by atoms with Gasteiger partial charge in [-0.25, -0.2) is 4.39 Å². The molecule has 1 fully saturated rings. The minimum Gasteiger partial charge on any atom is -0.398 e. The van der Waals surface area contributed by atoms with Crippen molar-refractivity contribution in [3.8, 4) is 0 Å². The van der Waals surface area contributed by atoms with Gasteiger partial charge in [0.15, 0.2) is 0 Å². The number of hydrogen-bond acceptors (Lipinski definition) is 2. The van der Waals surface area contributed by atoms with Gasteiger partial charge in [0.25, 0.3) is 0 Å². The highest BCUT2D eigenvalue weighted by atomic mass is 35.5. The fraction of sp³-hybridized carbons (Fsp3) is 0.538. The van der Waals surface area contributed by atoms with E-state index in [0.29, 0.717) is 42.8 Å². The molecular weight excluding hydrogens is 241 g/mol. The molecule has 0 amide bonds. The van der Waals surface area contributed by atoms with Crippen LogP contribution in [0.2, 0.25) is 5.02 Å². The van der Waals surface area contributed by atoms with Crippen LogP contribution in [0.1, 0.15) is 31.2 Å². The van der Waals surface area contributed by atoms with E-state index in [4.69, 9.17) is 17.3 Å². The first kappa shape index (κ1) is 12.7. The molecule has 0 heterocycles. The zero-order valence-electron chi connectivity index (χ0n) is 9.63. The fourth-order valence-electron chi connectivity index (χ4n) is 2.39. The number of hydrogen-bond donors (Lipinski definition) is 2. The molecule has 2 nitrogen and oxygen atoms in total. The minimum atomic E-state index is -0.833. The maximum absolute atomic E-state index is 13.1. The second-order valence-electron chi connectivity index (χ2n) is 4.90. The predicted molar refractivity (Wildman–Crippen MR) is 67.9 cm³/mol. The van der Waals surface area contributed by atoms with Crippen molar-refractivity contribution < 1.29 is 9.50 Å². The third kappa shape index (κ3) is 2.90. The molecule has 0 atom stereocenters. The number of aliphatic hydroxyl groups is 1. The van der Waals surface area contributed by atoms with Crippen LogP contribution in [0.25, 0.3) is 0 Å². The first-order chi connectivity index (χ1) is 8.00. The highest BCUT2D eigenvalue weighted by Gasteiger charge is 2.33. The van der Waals surface area contributed by atoms with Gasteiger partial charge in [0.1, 0.15) is 6.17 Å². The lowest BCUT2D eigenvalue weighted by atomic mass is 9.80. The van der Waals surface area contributed by atoms with Gasteiger partial charge in [0.05, 0.1) is 16.3 Å². The summed E-state index contributed by atoms with van der Waals surface area (Å²) in [4.78, 5) is 0. The summed E-state index contributed by atoms with van der Waals surface area (Å²) in [6.45, 7) is 0. The van der Waals surface area contributed by atoms with Gasteiger partial charge in [-0.3, -0.25) is 0 Å². The normalized spacial score (nSPS) is 29.2. The van der Waals surface area contributed by atoms with Gasteiger partial charge in [0.2, 0.25) is 0 Å². The summed E-state index contributed by atoms with van der Waals surface area (Å²) in [5.74, 6) is 0. The van der Waals surface area contributed by atoms with E-state index in [1.165, 1.54) is 0 Å². The predicted octanol–water partition coefficient (Wildman–Crippen LogP) is 3.11. The topological polar surface area (TPSA) is 46.2 Å². The van der Waals surface area contributed by atoms with Gasteiger partial charge < -0.3 is 10.8 Å². The number of alkyl halides is 1. The van der Waals surface area contributed by atoms with Crippen molar-refractivity contribution in [2.45, 2.75) is 43.9 Å². The number of benzene rings is 1. The van der Waals surface area contributed by atoms with Gasteiger partial charge in [0, 0.05) is 6.42 Å². The third-order valence-electron chi connectivity index (χ3n) is 3.47. The van der Waals surface area contributed by atoms with Gasteiger partial charge in [-0.2, -0.15) is 0 Å². The van der Waals surface area contributed by atoms with Crippen molar-refractivity contribution in [1.82, 2.24) is 0 Å². The summed E-state index contributed by atoms with van der Waals surface area (Å²) in [5, 5.41) is 10.9. The molecule has 94 valence electrons. The number of halogens is 2. The highest BCUT2D eigenvalue weighted by Crippen LogP contribution is 2.35. The molecule has 0 radical (unpaired) electrons. The molecule has 1 saturated carbocycles. The fourth-order valence-corrected chi connectivity index (χ4v) is 2.58. The first-order valence-corrected chi connectivity index (χ1v) is 6.27. The molecule has 2 rings (SSSR count). The van der Waals surface area contributed by atoms with Crippen LogP contribution < -0.4 is 5.73 Å². The Labute approximate surface area is 106 Å². The van der Waals surface area contributed by atoms with E-state index in [2.05, 4.69) is 0 Å². The third-order valence-corrected chi connectivity index (χ3v) is 3.93. The molecule has 0 unspecified atom stereocenters. The van der Waals surface area contributed by atoms with E-state index < -0.39 is 11.8 Å². The first-order valence-electron chi connectivity index (χ1n) is 5.89. The molecule has 0 spiro atoms. The van der Waals surface area contributed by atoms with Crippen molar-refractivity contribution in [3.63, 3.8) is 0 Å². The average Bonchev–Trinajstić information content (AvgIpc) is 2.30. The van der Waals surface area contributed by atoms with Crippen LogP contribution in [-0.4, -0.2) is 16.9 Å². The van der Waals surface area contributed by atoms with Crippen LogP contribution in [0.5, 0.6) is 0 Å². The Kier molecular flexibility index (Phi) is 3.59. The Morgan fingerprint density at radius 1 is 1.41 bits per heavy atom. The van der Waals surface area contributed by atoms with Crippen LogP contribution in [-0.2, 0) is 6.42 Å². The van der Waals surface area contributed by atoms with Crippen LogP contribution >= 0.6 is 11.6 Å². The SMILES string of the molecule is Nc1cccc(CC2(O)CCC(F)CC2)c1Cl. The molecule has 0 aliphatic heterocycles. The molecule has 0 bridgehead atoms. The van der Waals surface area contributed by atoms with Crippen LogP contribution in [0.15, 0.2) is 18.2 Å². The standard InChI is InChI=1S/C13H17ClFNO/c14-12-9(2-1-3-11(12)16)8-13(17)6-4-10(15)5-7-13/h1-3,10,17H,4-8,16H2. The minimum absolute atomic E-state index is 0.427. The van der Waals surface area contributed by atoms with Crippen molar-refractivity contribution in [2.75, 3.05) is 5.73 Å². The second kappa shape index (κ2) is 4.83. The quantitative estimate of drug-likeness (QED) is 0.800. The largest absolute Gasteiger partial charge is 0.398 e. The summed E-state index contributed by atoms with van der Waals surface area (Å²) in [7, 11) is 0. The molecule has 1 aromatic rings. The summed E-state index contributed by atoms with van der Waals surface area (Å²) >= 11 is 6.09. The van der Waals surface area contributed by atoms with Gasteiger partial charge in [-0.05, 0) is 37.3 Å². The summed E-state index contributed by atoms with van der Waals surface area (Å²) in [6.07, 6.45) is 1.50. The van der Waals surface area contributed by atoms with Crippen molar-refractivity contribution in [1.29, 1.82) is 0 Å². The van der Waals surface area contributed by atoms with E-state index in [0.717, 1.165) is 5.56 Å². The lowest BCUT2D eigenvalue weighted by Crippen LogP contribution is -2.36. The number of anilines is 1. The van der Waals surface area contributed by atoms with E-state index in [1.54, 1.807) is 6.07 Å². The Bertz CT molecular complexity index is 402. The molecule has 0 saturated heterocycles. The molecule has 3 N–H and O–H groups in total. The zero-order chi connectivity index (χ0) is 12.5. The Morgan fingerprint density at radius 3 is 2.71 bits per heavy atom.